The number of benzene rings is 1. The van der Waals surface area contributed by atoms with Crippen molar-refractivity contribution in [3.63, 3.8) is 0 Å². The Labute approximate surface area is 161 Å². The molecular formula is C13H12N6O3S4. The summed E-state index contributed by atoms with van der Waals surface area (Å²) in [5.41, 5.74) is 1.38. The number of aromatic nitrogens is 4. The van der Waals surface area contributed by atoms with E-state index >= 15 is 0 Å². The Balaban J connectivity index is 1.73. The van der Waals surface area contributed by atoms with Gasteiger partial charge in [-0.3, -0.25) is 14.8 Å². The molecule has 0 spiro atoms. The number of carbonyl (C=O) groups is 1. The molecule has 3 aromatic rings. The zero-order valence-electron chi connectivity index (χ0n) is 13.5. The normalized spacial score (nSPS) is 11.3. The van der Waals surface area contributed by atoms with Crippen LogP contribution in [0, 0.1) is 6.92 Å². The summed E-state index contributed by atoms with van der Waals surface area (Å²) >= 11 is 3.21. The van der Waals surface area contributed by atoms with Crippen molar-refractivity contribution < 1.29 is 13.2 Å². The number of carbonyl (C=O) groups excluding carboxylic acids is 1. The highest BCUT2D eigenvalue weighted by Crippen LogP contribution is 2.27. The molecule has 2 heterocycles. The smallest absolute Gasteiger partial charge is 0.293 e. The second-order valence-electron chi connectivity index (χ2n) is 4.88. The summed E-state index contributed by atoms with van der Waals surface area (Å²) in [5, 5.41) is 17.7. The topological polar surface area (TPSA) is 127 Å². The molecule has 26 heavy (non-hydrogen) atoms. The number of thioether (sulfide) groups is 1. The van der Waals surface area contributed by atoms with Gasteiger partial charge >= 0.3 is 0 Å². The summed E-state index contributed by atoms with van der Waals surface area (Å²) < 4.78 is 27.3. The molecule has 0 saturated carbocycles. The number of nitrogens with one attached hydrogen (secondary N) is 2. The molecule has 1 aromatic carbocycles. The van der Waals surface area contributed by atoms with Gasteiger partial charge in [-0.05, 0) is 25.3 Å². The molecule has 0 saturated heterocycles. The van der Waals surface area contributed by atoms with Crippen LogP contribution in [0.15, 0.2) is 32.9 Å². The lowest BCUT2D eigenvalue weighted by atomic mass is 10.1. The van der Waals surface area contributed by atoms with E-state index in [1.165, 1.54) is 11.8 Å². The van der Waals surface area contributed by atoms with Crippen molar-refractivity contribution in [1.29, 1.82) is 0 Å². The van der Waals surface area contributed by atoms with E-state index < -0.39 is 15.9 Å². The molecule has 0 atom stereocenters. The molecule has 13 heteroatoms. The lowest BCUT2D eigenvalue weighted by Crippen LogP contribution is -2.12. The monoisotopic (exact) mass is 428 g/mol. The molecule has 3 rings (SSSR count). The molecule has 136 valence electrons. The Morgan fingerprint density at radius 1 is 1.12 bits per heavy atom. The molecule has 2 N–H and O–H groups in total. The van der Waals surface area contributed by atoms with E-state index in [1.807, 2.05) is 19.2 Å². The van der Waals surface area contributed by atoms with Crippen LogP contribution in [-0.2, 0) is 10.0 Å². The molecule has 0 aliphatic rings. The maximum atomic E-state index is 12.3. The summed E-state index contributed by atoms with van der Waals surface area (Å²) in [6.07, 6.45) is 1.81. The van der Waals surface area contributed by atoms with Crippen LogP contribution in [0.1, 0.15) is 15.9 Å². The van der Waals surface area contributed by atoms with Crippen LogP contribution < -0.4 is 10.0 Å². The first-order valence-corrected chi connectivity index (χ1v) is 11.3. The molecule has 0 radical (unpaired) electrons. The number of amides is 1. The van der Waals surface area contributed by atoms with E-state index in [1.54, 1.807) is 18.2 Å². The molecule has 9 nitrogen and oxygen atoms in total. The van der Waals surface area contributed by atoms with Crippen molar-refractivity contribution in [1.82, 2.24) is 20.4 Å². The quantitative estimate of drug-likeness (QED) is 0.453. The first-order valence-electron chi connectivity index (χ1n) is 6.99. The van der Waals surface area contributed by atoms with E-state index in [2.05, 4.69) is 30.4 Å². The molecule has 2 aromatic heterocycles. The minimum atomic E-state index is -3.95. The molecular weight excluding hydrogens is 416 g/mol. The van der Waals surface area contributed by atoms with E-state index in [-0.39, 0.29) is 14.6 Å². The SMILES string of the molecule is CSc1nnc(NS(=O)(=O)c2nnc(NC(=O)c3cccc(C)c3)s2)s1. The van der Waals surface area contributed by atoms with E-state index in [0.717, 1.165) is 28.2 Å². The Morgan fingerprint density at radius 3 is 2.58 bits per heavy atom. The fraction of sp³-hybridized carbons (Fsp3) is 0.154. The highest BCUT2D eigenvalue weighted by Gasteiger charge is 2.23. The van der Waals surface area contributed by atoms with Gasteiger partial charge in [0.2, 0.25) is 10.3 Å². The van der Waals surface area contributed by atoms with Gasteiger partial charge in [-0.1, -0.05) is 52.1 Å². The molecule has 0 fully saturated rings. The number of hydrogen-bond acceptors (Lipinski definition) is 10. The average Bonchev–Trinajstić information content (AvgIpc) is 3.24. The zero-order valence-corrected chi connectivity index (χ0v) is 16.7. The third-order valence-electron chi connectivity index (χ3n) is 2.94. The minimum absolute atomic E-state index is 0.0824. The van der Waals surface area contributed by atoms with Crippen LogP contribution in [-0.4, -0.2) is 41.0 Å². The number of nitrogens with zero attached hydrogens (tertiary/aromatic N) is 4. The van der Waals surface area contributed by atoms with Crippen LogP contribution in [0.25, 0.3) is 0 Å². The molecule has 0 bridgehead atoms. The van der Waals surface area contributed by atoms with Gasteiger partial charge in [-0.2, -0.15) is 8.42 Å². The van der Waals surface area contributed by atoms with Crippen LogP contribution in [0.4, 0.5) is 10.3 Å². The first-order chi connectivity index (χ1) is 12.4. The van der Waals surface area contributed by atoms with Gasteiger partial charge in [0, 0.05) is 5.56 Å². The van der Waals surface area contributed by atoms with Crippen molar-refractivity contribution in [3.05, 3.63) is 35.4 Å². The molecule has 0 aliphatic carbocycles. The van der Waals surface area contributed by atoms with Gasteiger partial charge in [0.15, 0.2) is 4.34 Å². The molecule has 0 unspecified atom stereocenters. The molecule has 1 amide bonds. The van der Waals surface area contributed by atoms with Gasteiger partial charge in [-0.15, -0.1) is 20.4 Å². The Bertz CT molecular complexity index is 1050. The largest absolute Gasteiger partial charge is 0.296 e. The van der Waals surface area contributed by atoms with E-state index in [4.69, 9.17) is 0 Å². The predicted octanol–water partition coefficient (Wildman–Crippen LogP) is 2.47. The Hall–Kier alpha value is -2.09. The summed E-state index contributed by atoms with van der Waals surface area (Å²) in [7, 11) is -3.95. The van der Waals surface area contributed by atoms with Crippen molar-refractivity contribution in [2.45, 2.75) is 15.6 Å². The standard InChI is InChI=1S/C13H12N6O3S4/c1-7-4-3-5-8(6-7)9(20)14-10-15-18-13(25-10)26(21,22)19-11-16-17-12(23-2)24-11/h3-6H,1-2H3,(H,16,19)(H,14,15,20). The fourth-order valence-electron chi connectivity index (χ4n) is 1.82. The number of hydrogen-bond donors (Lipinski definition) is 2. The van der Waals surface area contributed by atoms with Crippen LogP contribution in [0.5, 0.6) is 0 Å². The van der Waals surface area contributed by atoms with E-state index in [9.17, 15) is 13.2 Å². The minimum Gasteiger partial charge on any atom is -0.296 e. The van der Waals surface area contributed by atoms with Gasteiger partial charge in [0.1, 0.15) is 0 Å². The van der Waals surface area contributed by atoms with Crippen LogP contribution in [0.2, 0.25) is 0 Å². The predicted molar refractivity (Wildman–Crippen MR) is 102 cm³/mol. The summed E-state index contributed by atoms with van der Waals surface area (Å²) in [4.78, 5) is 12.2. The Kier molecular flexibility index (Phi) is 5.50. The van der Waals surface area contributed by atoms with Crippen molar-refractivity contribution >= 4 is 60.6 Å². The Morgan fingerprint density at radius 2 is 1.88 bits per heavy atom. The maximum absolute atomic E-state index is 12.3. The number of anilines is 2. The highest BCUT2D eigenvalue weighted by molar-refractivity contribution is 8.00. The highest BCUT2D eigenvalue weighted by atomic mass is 32.2. The van der Waals surface area contributed by atoms with Gasteiger partial charge in [0.05, 0.1) is 0 Å². The fourth-order valence-corrected chi connectivity index (χ4v) is 5.11. The second-order valence-corrected chi connectivity index (χ2v) is 9.74. The third-order valence-corrected chi connectivity index (χ3v) is 7.43. The van der Waals surface area contributed by atoms with Crippen LogP contribution >= 0.6 is 34.4 Å². The number of sulfonamides is 1. The first kappa shape index (κ1) is 18.7. The zero-order chi connectivity index (χ0) is 18.7. The van der Waals surface area contributed by atoms with Gasteiger partial charge in [0.25, 0.3) is 20.3 Å². The lowest BCUT2D eigenvalue weighted by Gasteiger charge is -2.02. The number of rotatable bonds is 6. The summed E-state index contributed by atoms with van der Waals surface area (Å²) in [5.74, 6) is -0.393. The summed E-state index contributed by atoms with van der Waals surface area (Å²) in [6, 6.07) is 7.00. The van der Waals surface area contributed by atoms with Gasteiger partial charge < -0.3 is 0 Å². The number of aryl methyl sites for hydroxylation is 1. The van der Waals surface area contributed by atoms with Gasteiger partial charge in [-0.25, -0.2) is 0 Å². The van der Waals surface area contributed by atoms with Crippen LogP contribution in [0.3, 0.4) is 0 Å². The van der Waals surface area contributed by atoms with Crippen molar-refractivity contribution in [2.75, 3.05) is 16.3 Å². The average molecular weight is 429 g/mol. The van der Waals surface area contributed by atoms with Crippen molar-refractivity contribution in [2.24, 2.45) is 0 Å². The maximum Gasteiger partial charge on any atom is 0.293 e. The van der Waals surface area contributed by atoms with E-state index in [0.29, 0.717) is 9.90 Å². The molecule has 0 aliphatic heterocycles. The second kappa shape index (κ2) is 7.65. The third kappa shape index (κ3) is 4.35. The summed E-state index contributed by atoms with van der Waals surface area (Å²) in [6.45, 7) is 1.87. The van der Waals surface area contributed by atoms with Crippen molar-refractivity contribution in [3.8, 4) is 0 Å². The lowest BCUT2D eigenvalue weighted by molar-refractivity contribution is 0.102.